The highest BCUT2D eigenvalue weighted by Gasteiger charge is 2.31. The lowest BCUT2D eigenvalue weighted by Crippen LogP contribution is -2.28. The highest BCUT2D eigenvalue weighted by molar-refractivity contribution is 7.89. The van der Waals surface area contributed by atoms with E-state index in [-0.39, 0.29) is 21.9 Å². The lowest BCUT2D eigenvalue weighted by atomic mass is 10.1. The first kappa shape index (κ1) is 21.1. The number of ether oxygens (including phenoxy) is 1. The van der Waals surface area contributed by atoms with Crippen LogP contribution in [0.25, 0.3) is 0 Å². The lowest BCUT2D eigenvalue weighted by molar-refractivity contribution is -0.137. The van der Waals surface area contributed by atoms with Crippen LogP contribution >= 0.6 is 0 Å². The monoisotopic (exact) mass is 428 g/mol. The molecule has 10 heteroatoms. The molecule has 0 unspecified atom stereocenters. The fourth-order valence-electron chi connectivity index (χ4n) is 3.07. The number of rotatable bonds is 5. The van der Waals surface area contributed by atoms with Gasteiger partial charge in [-0.05, 0) is 49.2 Å². The van der Waals surface area contributed by atoms with E-state index >= 15 is 0 Å². The number of alkyl halides is 3. The van der Waals surface area contributed by atoms with Gasteiger partial charge in [0, 0.05) is 18.8 Å². The number of nitrogens with zero attached hydrogens (tertiary/aromatic N) is 1. The molecule has 1 aliphatic heterocycles. The molecule has 29 heavy (non-hydrogen) atoms. The molecule has 0 aromatic heterocycles. The first-order valence-corrected chi connectivity index (χ1v) is 10.2. The van der Waals surface area contributed by atoms with Crippen LogP contribution in [0.15, 0.2) is 47.4 Å². The molecule has 1 amide bonds. The number of benzene rings is 2. The summed E-state index contributed by atoms with van der Waals surface area (Å²) in [5.74, 6) is -0.672. The number of sulfonamides is 1. The average Bonchev–Trinajstić information content (AvgIpc) is 3.22. The number of methoxy groups -OCH3 is 1. The predicted molar refractivity (Wildman–Crippen MR) is 100 cm³/mol. The van der Waals surface area contributed by atoms with Gasteiger partial charge >= 0.3 is 6.18 Å². The number of nitrogens with one attached hydrogen (secondary N) is 1. The molecule has 0 atom stereocenters. The van der Waals surface area contributed by atoms with E-state index in [0.29, 0.717) is 13.1 Å². The fraction of sp³-hybridized carbons (Fsp3) is 0.316. The molecule has 1 saturated heterocycles. The number of carbonyl (C=O) groups is 1. The Morgan fingerprint density at radius 3 is 2.41 bits per heavy atom. The quantitative estimate of drug-likeness (QED) is 0.787. The molecule has 1 fully saturated rings. The van der Waals surface area contributed by atoms with Gasteiger partial charge in [-0.15, -0.1) is 0 Å². The van der Waals surface area contributed by atoms with E-state index in [2.05, 4.69) is 5.32 Å². The van der Waals surface area contributed by atoms with E-state index in [1.807, 2.05) is 0 Å². The van der Waals surface area contributed by atoms with Crippen LogP contribution in [0.2, 0.25) is 0 Å². The van der Waals surface area contributed by atoms with Gasteiger partial charge in [-0.3, -0.25) is 4.79 Å². The van der Waals surface area contributed by atoms with Crippen LogP contribution in [0.3, 0.4) is 0 Å². The summed E-state index contributed by atoms with van der Waals surface area (Å²) >= 11 is 0. The molecule has 2 aromatic rings. The van der Waals surface area contributed by atoms with Gasteiger partial charge in [-0.25, -0.2) is 8.42 Å². The van der Waals surface area contributed by atoms with Crippen molar-refractivity contribution in [3.8, 4) is 5.75 Å². The van der Waals surface area contributed by atoms with Crippen molar-refractivity contribution in [2.75, 3.05) is 25.5 Å². The Morgan fingerprint density at radius 2 is 1.79 bits per heavy atom. The Bertz CT molecular complexity index is 1020. The third-order valence-corrected chi connectivity index (χ3v) is 6.46. The van der Waals surface area contributed by atoms with E-state index in [1.54, 1.807) is 0 Å². The van der Waals surface area contributed by atoms with Crippen LogP contribution in [0.4, 0.5) is 18.9 Å². The van der Waals surface area contributed by atoms with Crippen molar-refractivity contribution in [3.63, 3.8) is 0 Å². The van der Waals surface area contributed by atoms with Crippen LogP contribution < -0.4 is 10.1 Å². The van der Waals surface area contributed by atoms with Gasteiger partial charge < -0.3 is 10.1 Å². The van der Waals surface area contributed by atoms with Crippen molar-refractivity contribution in [3.05, 3.63) is 53.6 Å². The molecule has 6 nitrogen and oxygen atoms in total. The van der Waals surface area contributed by atoms with Crippen molar-refractivity contribution in [1.82, 2.24) is 4.31 Å². The van der Waals surface area contributed by atoms with Crippen LogP contribution in [0, 0.1) is 0 Å². The molecule has 0 radical (unpaired) electrons. The van der Waals surface area contributed by atoms with Crippen LogP contribution in [0.5, 0.6) is 5.75 Å². The molecular weight excluding hydrogens is 409 g/mol. The maximum absolute atomic E-state index is 12.9. The van der Waals surface area contributed by atoms with Gasteiger partial charge in [-0.2, -0.15) is 17.5 Å². The summed E-state index contributed by atoms with van der Waals surface area (Å²) in [6, 6.07) is 8.04. The largest absolute Gasteiger partial charge is 0.496 e. The number of hydrogen-bond acceptors (Lipinski definition) is 4. The maximum Gasteiger partial charge on any atom is 0.416 e. The molecule has 156 valence electrons. The predicted octanol–water partition coefficient (Wildman–Crippen LogP) is 3.75. The maximum atomic E-state index is 12.9. The van der Waals surface area contributed by atoms with E-state index in [4.69, 9.17) is 4.74 Å². The normalized spacial score (nSPS) is 15.3. The van der Waals surface area contributed by atoms with Crippen LogP contribution in [-0.2, 0) is 16.2 Å². The Morgan fingerprint density at radius 1 is 1.10 bits per heavy atom. The summed E-state index contributed by atoms with van der Waals surface area (Å²) in [5.41, 5.74) is -1.07. The second kappa shape index (κ2) is 8.03. The molecule has 2 aromatic carbocycles. The van der Waals surface area contributed by atoms with Crippen molar-refractivity contribution < 1.29 is 31.1 Å². The van der Waals surface area contributed by atoms with E-state index in [0.717, 1.165) is 25.0 Å². The van der Waals surface area contributed by atoms with Crippen molar-refractivity contribution in [2.45, 2.75) is 23.9 Å². The molecule has 3 rings (SSSR count). The highest BCUT2D eigenvalue weighted by atomic mass is 32.2. The van der Waals surface area contributed by atoms with Gasteiger partial charge in [0.25, 0.3) is 5.91 Å². The summed E-state index contributed by atoms with van der Waals surface area (Å²) < 4.78 is 70.6. The minimum Gasteiger partial charge on any atom is -0.496 e. The van der Waals surface area contributed by atoms with Gasteiger partial charge in [0.05, 0.1) is 23.1 Å². The van der Waals surface area contributed by atoms with E-state index in [9.17, 15) is 26.4 Å². The first-order valence-electron chi connectivity index (χ1n) is 8.80. The van der Waals surface area contributed by atoms with Gasteiger partial charge in [0.15, 0.2) is 0 Å². The second-order valence-corrected chi connectivity index (χ2v) is 8.44. The summed E-state index contributed by atoms with van der Waals surface area (Å²) in [5, 5.41) is 2.37. The van der Waals surface area contributed by atoms with Gasteiger partial charge in [0.1, 0.15) is 5.75 Å². The first-order chi connectivity index (χ1) is 13.6. The molecule has 0 saturated carbocycles. The Labute approximate surface area is 166 Å². The van der Waals surface area contributed by atoms with Crippen molar-refractivity contribution in [1.29, 1.82) is 0 Å². The van der Waals surface area contributed by atoms with Crippen LogP contribution in [-0.4, -0.2) is 38.8 Å². The highest BCUT2D eigenvalue weighted by Crippen LogP contribution is 2.31. The second-order valence-electron chi connectivity index (χ2n) is 6.51. The Hall–Kier alpha value is -2.59. The number of carbonyl (C=O) groups excluding carboxylic acids is 1. The smallest absolute Gasteiger partial charge is 0.416 e. The third kappa shape index (κ3) is 4.54. The number of amides is 1. The van der Waals surface area contributed by atoms with E-state index < -0.39 is 27.7 Å². The average molecular weight is 428 g/mol. The molecule has 1 N–H and O–H groups in total. The molecule has 1 heterocycles. The fourth-order valence-corrected chi connectivity index (χ4v) is 4.62. The van der Waals surface area contributed by atoms with Crippen molar-refractivity contribution in [2.24, 2.45) is 0 Å². The molecular formula is C19H19F3N2O4S. The van der Waals surface area contributed by atoms with Gasteiger partial charge in [-0.1, -0.05) is 6.07 Å². The summed E-state index contributed by atoms with van der Waals surface area (Å²) in [4.78, 5) is 12.6. The third-order valence-electron chi connectivity index (χ3n) is 4.57. The minimum absolute atomic E-state index is 0.0697. The standard InChI is InChI=1S/C19H19F3N2O4S/c1-28-17-8-7-15(29(26,27)24-9-2-3-10-24)12-16(17)18(25)23-14-6-4-5-13(11-14)19(20,21)22/h4-8,11-12H,2-3,9-10H2,1H3,(H,23,25). The zero-order chi connectivity index (χ0) is 21.2. The van der Waals surface area contributed by atoms with Gasteiger partial charge in [0.2, 0.25) is 10.0 Å². The lowest BCUT2D eigenvalue weighted by Gasteiger charge is -2.17. The summed E-state index contributed by atoms with van der Waals surface area (Å²) in [7, 11) is -2.46. The topological polar surface area (TPSA) is 75.7 Å². The van der Waals surface area contributed by atoms with E-state index in [1.165, 1.54) is 41.7 Å². The summed E-state index contributed by atoms with van der Waals surface area (Å²) in [6.45, 7) is 0.806. The SMILES string of the molecule is COc1ccc(S(=O)(=O)N2CCCC2)cc1C(=O)Nc1cccc(C(F)(F)F)c1. The Balaban J connectivity index is 1.92. The number of anilines is 1. The zero-order valence-corrected chi connectivity index (χ0v) is 16.3. The zero-order valence-electron chi connectivity index (χ0n) is 15.5. The molecule has 1 aliphatic rings. The van der Waals surface area contributed by atoms with Crippen LogP contribution in [0.1, 0.15) is 28.8 Å². The molecule has 0 spiro atoms. The summed E-state index contributed by atoms with van der Waals surface area (Å²) in [6.07, 6.45) is -3.03. The van der Waals surface area contributed by atoms with Crippen molar-refractivity contribution >= 4 is 21.6 Å². The molecule has 0 bridgehead atoms. The number of hydrogen-bond donors (Lipinski definition) is 1. The number of halogens is 3. The molecule has 0 aliphatic carbocycles. The Kier molecular flexibility index (Phi) is 5.85. The minimum atomic E-state index is -4.55.